The van der Waals surface area contributed by atoms with Gasteiger partial charge in [0.1, 0.15) is 0 Å². The number of hydrogen-bond donors (Lipinski definition) is 2. The third-order valence-electron chi connectivity index (χ3n) is 3.77. The van der Waals surface area contributed by atoms with E-state index in [4.69, 9.17) is 0 Å². The average Bonchev–Trinajstić information content (AvgIpc) is 2.63. The minimum Gasteiger partial charge on any atom is -0.389 e. The Labute approximate surface area is 94.5 Å². The second kappa shape index (κ2) is 5.86. The lowest BCUT2D eigenvalue weighted by atomic mass is 9.98. The molecule has 0 aromatic heterocycles. The van der Waals surface area contributed by atoms with Crippen molar-refractivity contribution in [3.05, 3.63) is 0 Å². The predicted molar refractivity (Wildman–Crippen MR) is 65.0 cm³/mol. The predicted octanol–water partition coefficient (Wildman–Crippen LogP) is 2.71. The van der Waals surface area contributed by atoms with Crippen LogP contribution in [0.3, 0.4) is 0 Å². The van der Waals surface area contributed by atoms with E-state index in [0.29, 0.717) is 6.04 Å². The van der Waals surface area contributed by atoms with Crippen molar-refractivity contribution in [1.29, 1.82) is 0 Å². The van der Waals surface area contributed by atoms with Crippen LogP contribution < -0.4 is 5.32 Å². The van der Waals surface area contributed by atoms with Crippen molar-refractivity contribution in [2.45, 2.75) is 70.9 Å². The van der Waals surface area contributed by atoms with Crippen LogP contribution in [0.25, 0.3) is 0 Å². The van der Waals surface area contributed by atoms with Crippen molar-refractivity contribution in [2.75, 3.05) is 6.54 Å². The summed E-state index contributed by atoms with van der Waals surface area (Å²) in [7, 11) is 0. The van der Waals surface area contributed by atoms with Crippen molar-refractivity contribution >= 4 is 0 Å². The molecule has 0 aromatic rings. The van der Waals surface area contributed by atoms with Crippen LogP contribution in [0.1, 0.15) is 59.3 Å². The highest BCUT2D eigenvalue weighted by molar-refractivity contribution is 4.87. The van der Waals surface area contributed by atoms with Gasteiger partial charge in [-0.1, -0.05) is 33.1 Å². The molecule has 2 nitrogen and oxygen atoms in total. The molecule has 1 saturated carbocycles. The summed E-state index contributed by atoms with van der Waals surface area (Å²) in [5, 5.41) is 13.6. The van der Waals surface area contributed by atoms with Crippen LogP contribution in [0.2, 0.25) is 0 Å². The zero-order valence-corrected chi connectivity index (χ0v) is 10.6. The molecule has 0 spiro atoms. The maximum atomic E-state index is 10.2. The normalized spacial score (nSPS) is 24.0. The molecule has 0 amide bonds. The lowest BCUT2D eigenvalue weighted by molar-refractivity contribution is 0.0446. The Bertz CT molecular complexity index is 175. The molecule has 2 N–H and O–H groups in total. The van der Waals surface area contributed by atoms with Crippen LogP contribution in [-0.4, -0.2) is 23.3 Å². The second-order valence-electron chi connectivity index (χ2n) is 5.46. The van der Waals surface area contributed by atoms with E-state index in [9.17, 15) is 5.11 Å². The smallest absolute Gasteiger partial charge is 0.0771 e. The summed E-state index contributed by atoms with van der Waals surface area (Å²) in [6.45, 7) is 7.54. The van der Waals surface area contributed by atoms with Crippen LogP contribution >= 0.6 is 0 Å². The largest absolute Gasteiger partial charge is 0.389 e. The second-order valence-corrected chi connectivity index (χ2v) is 5.46. The number of rotatable bonds is 6. The van der Waals surface area contributed by atoms with Gasteiger partial charge in [-0.25, -0.2) is 0 Å². The quantitative estimate of drug-likeness (QED) is 0.711. The molecule has 0 bridgehead atoms. The van der Waals surface area contributed by atoms with Crippen molar-refractivity contribution < 1.29 is 5.11 Å². The van der Waals surface area contributed by atoms with Crippen LogP contribution in [0.5, 0.6) is 0 Å². The van der Waals surface area contributed by atoms with Crippen molar-refractivity contribution in [1.82, 2.24) is 5.32 Å². The van der Waals surface area contributed by atoms with E-state index in [2.05, 4.69) is 26.1 Å². The maximum absolute atomic E-state index is 10.2. The zero-order chi connectivity index (χ0) is 11.3. The Kier molecular flexibility index (Phi) is 5.07. The third-order valence-corrected chi connectivity index (χ3v) is 3.77. The maximum Gasteiger partial charge on any atom is 0.0771 e. The minimum absolute atomic E-state index is 0.399. The zero-order valence-electron chi connectivity index (χ0n) is 10.6. The standard InChI is InChI=1S/C13H27NO/c1-4-11(2)9-12(3)14-10-13(15)7-5-6-8-13/h11-12,14-15H,4-10H2,1-3H3. The van der Waals surface area contributed by atoms with Gasteiger partial charge in [0.05, 0.1) is 5.60 Å². The van der Waals surface area contributed by atoms with Gasteiger partial charge in [-0.15, -0.1) is 0 Å². The van der Waals surface area contributed by atoms with Gasteiger partial charge in [0.2, 0.25) is 0 Å². The fraction of sp³-hybridized carbons (Fsp3) is 1.00. The topological polar surface area (TPSA) is 32.3 Å². The number of nitrogens with one attached hydrogen (secondary N) is 1. The first-order chi connectivity index (χ1) is 7.06. The van der Waals surface area contributed by atoms with Gasteiger partial charge in [-0.3, -0.25) is 0 Å². The van der Waals surface area contributed by atoms with Gasteiger partial charge in [0.25, 0.3) is 0 Å². The van der Waals surface area contributed by atoms with E-state index in [1.807, 2.05) is 0 Å². The van der Waals surface area contributed by atoms with E-state index >= 15 is 0 Å². The molecule has 15 heavy (non-hydrogen) atoms. The molecule has 0 aromatic carbocycles. The SMILES string of the molecule is CCC(C)CC(C)NCC1(O)CCCC1. The molecule has 1 aliphatic carbocycles. The van der Waals surface area contributed by atoms with Crippen LogP contribution in [-0.2, 0) is 0 Å². The lowest BCUT2D eigenvalue weighted by Crippen LogP contribution is -2.42. The number of hydrogen-bond acceptors (Lipinski definition) is 2. The minimum atomic E-state index is -0.399. The highest BCUT2D eigenvalue weighted by atomic mass is 16.3. The third kappa shape index (κ3) is 4.52. The van der Waals surface area contributed by atoms with E-state index in [0.717, 1.165) is 25.3 Å². The Balaban J connectivity index is 2.18. The molecule has 1 fully saturated rings. The molecular weight excluding hydrogens is 186 g/mol. The summed E-state index contributed by atoms with van der Waals surface area (Å²) in [6.07, 6.45) is 6.81. The molecular formula is C13H27NO. The summed E-state index contributed by atoms with van der Waals surface area (Å²) in [6, 6.07) is 0.532. The van der Waals surface area contributed by atoms with Crippen LogP contribution in [0.15, 0.2) is 0 Å². The van der Waals surface area contributed by atoms with Gasteiger partial charge in [0.15, 0.2) is 0 Å². The Morgan fingerprint density at radius 2 is 1.87 bits per heavy atom. The van der Waals surface area contributed by atoms with Crippen LogP contribution in [0.4, 0.5) is 0 Å². The fourth-order valence-electron chi connectivity index (χ4n) is 2.43. The number of aliphatic hydroxyl groups is 1. The molecule has 0 aliphatic heterocycles. The molecule has 0 saturated heterocycles. The van der Waals surface area contributed by atoms with E-state index in [1.54, 1.807) is 0 Å². The summed E-state index contributed by atoms with van der Waals surface area (Å²) in [5.41, 5.74) is -0.399. The Hall–Kier alpha value is -0.0800. The van der Waals surface area contributed by atoms with Gasteiger partial charge in [-0.2, -0.15) is 0 Å². The lowest BCUT2D eigenvalue weighted by Gasteiger charge is -2.26. The molecule has 2 heteroatoms. The summed E-state index contributed by atoms with van der Waals surface area (Å²) in [5.74, 6) is 0.783. The first kappa shape index (κ1) is 13.0. The fourth-order valence-corrected chi connectivity index (χ4v) is 2.43. The van der Waals surface area contributed by atoms with Gasteiger partial charge in [-0.05, 0) is 32.1 Å². The Morgan fingerprint density at radius 1 is 1.27 bits per heavy atom. The molecule has 1 rings (SSSR count). The van der Waals surface area contributed by atoms with Crippen LogP contribution in [0, 0.1) is 5.92 Å². The highest BCUT2D eigenvalue weighted by Crippen LogP contribution is 2.28. The van der Waals surface area contributed by atoms with Gasteiger partial charge in [0, 0.05) is 12.6 Å². The molecule has 1 aliphatic rings. The summed E-state index contributed by atoms with van der Waals surface area (Å²) < 4.78 is 0. The monoisotopic (exact) mass is 213 g/mol. The summed E-state index contributed by atoms with van der Waals surface area (Å²) in [4.78, 5) is 0. The van der Waals surface area contributed by atoms with E-state index in [-0.39, 0.29) is 0 Å². The first-order valence-corrected chi connectivity index (χ1v) is 6.51. The first-order valence-electron chi connectivity index (χ1n) is 6.51. The molecule has 0 heterocycles. The van der Waals surface area contributed by atoms with Gasteiger partial charge >= 0.3 is 0 Å². The van der Waals surface area contributed by atoms with Crippen molar-refractivity contribution in [3.63, 3.8) is 0 Å². The van der Waals surface area contributed by atoms with Gasteiger partial charge < -0.3 is 10.4 Å². The molecule has 0 radical (unpaired) electrons. The van der Waals surface area contributed by atoms with Crippen molar-refractivity contribution in [3.8, 4) is 0 Å². The Morgan fingerprint density at radius 3 is 2.40 bits per heavy atom. The van der Waals surface area contributed by atoms with Crippen molar-refractivity contribution in [2.24, 2.45) is 5.92 Å². The highest BCUT2D eigenvalue weighted by Gasteiger charge is 2.30. The molecule has 90 valence electrons. The molecule has 2 unspecified atom stereocenters. The average molecular weight is 213 g/mol. The van der Waals surface area contributed by atoms with E-state index in [1.165, 1.54) is 25.7 Å². The van der Waals surface area contributed by atoms with E-state index < -0.39 is 5.60 Å². The summed E-state index contributed by atoms with van der Waals surface area (Å²) >= 11 is 0. The molecule has 2 atom stereocenters.